The van der Waals surface area contributed by atoms with Gasteiger partial charge in [0.05, 0.1) is 17.0 Å². The Hall–Kier alpha value is -3.97. The third kappa shape index (κ3) is 8.85. The van der Waals surface area contributed by atoms with Gasteiger partial charge in [0.25, 0.3) is 10.0 Å². The maximum Gasteiger partial charge on any atom is 0.266 e. The standard InChI is InChI=1S/C33H49N7O5S/c1-21(2)29(38-30(41)23(4)36-5)32(43)39(6)28(31(42)37-27-14-9-12-24-11-7-8-13-26(24)27)15-10-20-40(33(34)35)46(44,45)25-18-16-22(3)17-19-25/h7-8,11,13,16-19,21,23,27-29,36H,9-10,12,14-15,20H2,1-6H3,(H3,34,35)(H,37,42)(H,38,41)/t23-,27+,28-,29-/m0/s1. The van der Waals surface area contributed by atoms with Crippen molar-refractivity contribution in [3.63, 3.8) is 0 Å². The summed E-state index contributed by atoms with van der Waals surface area (Å²) in [5, 5.41) is 16.8. The highest BCUT2D eigenvalue weighted by Gasteiger charge is 2.36. The van der Waals surface area contributed by atoms with E-state index in [9.17, 15) is 22.8 Å². The Kier molecular flexibility index (Phi) is 12.7. The Balaban J connectivity index is 1.87. The van der Waals surface area contributed by atoms with Crippen LogP contribution in [0, 0.1) is 18.3 Å². The van der Waals surface area contributed by atoms with Crippen molar-refractivity contribution in [2.45, 2.75) is 88.9 Å². The number of carbonyl (C=O) groups excluding carboxylic acids is 3. The number of nitrogens with zero attached hydrogens (tertiary/aromatic N) is 2. The third-order valence-electron chi connectivity index (χ3n) is 8.58. The fourth-order valence-electron chi connectivity index (χ4n) is 5.60. The fraction of sp³-hybridized carbons (Fsp3) is 0.515. The second kappa shape index (κ2) is 16.0. The molecule has 0 unspecified atom stereocenters. The number of amides is 3. The number of hydrogen-bond acceptors (Lipinski definition) is 7. The van der Waals surface area contributed by atoms with Gasteiger partial charge in [-0.15, -0.1) is 0 Å². The minimum absolute atomic E-state index is 0.00262. The van der Waals surface area contributed by atoms with Gasteiger partial charge in [-0.2, -0.15) is 0 Å². The molecule has 0 aromatic heterocycles. The average Bonchev–Trinajstić information content (AvgIpc) is 3.02. The van der Waals surface area contributed by atoms with Gasteiger partial charge >= 0.3 is 0 Å². The summed E-state index contributed by atoms with van der Waals surface area (Å²) >= 11 is 0. The molecule has 2 aromatic carbocycles. The summed E-state index contributed by atoms with van der Waals surface area (Å²) in [5.41, 5.74) is 8.82. The van der Waals surface area contributed by atoms with E-state index in [1.165, 1.54) is 29.6 Å². The molecular formula is C33H49N7O5S. The number of rotatable bonds is 14. The Morgan fingerprint density at radius 1 is 1.04 bits per heavy atom. The van der Waals surface area contributed by atoms with Crippen molar-refractivity contribution >= 4 is 33.7 Å². The summed E-state index contributed by atoms with van der Waals surface area (Å²) in [6.45, 7) is 6.98. The van der Waals surface area contributed by atoms with Gasteiger partial charge in [0.2, 0.25) is 23.7 Å². The second-order valence-electron chi connectivity index (χ2n) is 12.3. The Labute approximate surface area is 273 Å². The number of aryl methyl sites for hydroxylation is 2. The number of carbonyl (C=O) groups is 3. The molecule has 3 rings (SSSR count). The number of nitrogens with one attached hydrogen (secondary N) is 4. The zero-order valence-electron chi connectivity index (χ0n) is 27.7. The van der Waals surface area contributed by atoms with E-state index in [2.05, 4.69) is 16.0 Å². The van der Waals surface area contributed by atoms with Gasteiger partial charge in [-0.1, -0.05) is 55.8 Å². The van der Waals surface area contributed by atoms with Crippen molar-refractivity contribution in [3.05, 3.63) is 65.2 Å². The van der Waals surface area contributed by atoms with Crippen LogP contribution in [0.25, 0.3) is 0 Å². The molecule has 46 heavy (non-hydrogen) atoms. The molecule has 0 spiro atoms. The van der Waals surface area contributed by atoms with Crippen LogP contribution in [0.15, 0.2) is 53.4 Å². The van der Waals surface area contributed by atoms with Crippen LogP contribution in [0.3, 0.4) is 0 Å². The number of benzene rings is 2. The molecule has 0 bridgehead atoms. The number of guanidine groups is 1. The fourth-order valence-corrected chi connectivity index (χ4v) is 6.97. The summed E-state index contributed by atoms with van der Waals surface area (Å²) in [4.78, 5) is 41.9. The summed E-state index contributed by atoms with van der Waals surface area (Å²) in [6, 6.07) is 11.5. The van der Waals surface area contributed by atoms with E-state index in [4.69, 9.17) is 11.1 Å². The summed E-state index contributed by atoms with van der Waals surface area (Å²) in [7, 11) is -0.955. The van der Waals surface area contributed by atoms with E-state index >= 15 is 0 Å². The zero-order chi connectivity index (χ0) is 34.2. The van der Waals surface area contributed by atoms with E-state index in [0.29, 0.717) is 0 Å². The first-order valence-electron chi connectivity index (χ1n) is 15.7. The first-order chi connectivity index (χ1) is 21.7. The topological polar surface area (TPSA) is 178 Å². The molecule has 0 aliphatic heterocycles. The number of likely N-dealkylation sites (N-methyl/N-ethyl adjacent to an activating group) is 2. The van der Waals surface area contributed by atoms with Crippen LogP contribution in [0.2, 0.25) is 0 Å². The Bertz CT molecular complexity index is 1500. The van der Waals surface area contributed by atoms with E-state index < -0.39 is 40.0 Å². The molecule has 1 aliphatic carbocycles. The Morgan fingerprint density at radius 3 is 2.30 bits per heavy atom. The lowest BCUT2D eigenvalue weighted by molar-refractivity contribution is -0.143. The van der Waals surface area contributed by atoms with Crippen LogP contribution in [0.5, 0.6) is 0 Å². The van der Waals surface area contributed by atoms with Gasteiger partial charge in [-0.25, -0.2) is 12.7 Å². The average molecular weight is 656 g/mol. The van der Waals surface area contributed by atoms with Crippen molar-refractivity contribution in [3.8, 4) is 0 Å². The monoisotopic (exact) mass is 655 g/mol. The summed E-state index contributed by atoms with van der Waals surface area (Å²) in [5.74, 6) is -2.09. The van der Waals surface area contributed by atoms with Gasteiger partial charge in [0.15, 0.2) is 0 Å². The molecule has 3 amide bonds. The Morgan fingerprint density at radius 2 is 1.70 bits per heavy atom. The lowest BCUT2D eigenvalue weighted by atomic mass is 9.87. The molecule has 1 aliphatic rings. The van der Waals surface area contributed by atoms with Gasteiger partial charge in [0.1, 0.15) is 12.1 Å². The highest BCUT2D eigenvalue weighted by molar-refractivity contribution is 7.89. The van der Waals surface area contributed by atoms with Crippen LogP contribution >= 0.6 is 0 Å². The van der Waals surface area contributed by atoms with Crippen molar-refractivity contribution in [1.82, 2.24) is 25.2 Å². The lowest BCUT2D eigenvalue weighted by Crippen LogP contribution is -2.58. The van der Waals surface area contributed by atoms with Crippen molar-refractivity contribution in [2.75, 3.05) is 20.6 Å². The minimum Gasteiger partial charge on any atom is -0.369 e. The normalized spacial score (nSPS) is 16.5. The van der Waals surface area contributed by atoms with Crippen LogP contribution in [-0.4, -0.2) is 80.1 Å². The quantitative estimate of drug-likeness (QED) is 0.153. The predicted octanol–water partition coefficient (Wildman–Crippen LogP) is 2.43. The van der Waals surface area contributed by atoms with Crippen LogP contribution in [0.4, 0.5) is 0 Å². The number of fused-ring (bicyclic) bond motifs is 1. The van der Waals surface area contributed by atoms with Crippen LogP contribution < -0.4 is 21.7 Å². The molecule has 4 atom stereocenters. The highest BCUT2D eigenvalue weighted by Crippen LogP contribution is 2.30. The SMILES string of the molecule is CN[C@@H](C)C(=O)N[C@H](C(=O)N(C)[C@@H](CCCN(C(=N)N)S(=O)(=O)c1ccc(C)cc1)C(=O)N[C@@H]1CCCc2ccccc21)C(C)C. The molecule has 0 heterocycles. The molecule has 0 saturated heterocycles. The third-order valence-corrected chi connectivity index (χ3v) is 10.4. The molecule has 12 nitrogen and oxygen atoms in total. The van der Waals surface area contributed by atoms with E-state index in [-0.39, 0.29) is 48.1 Å². The first kappa shape index (κ1) is 36.5. The number of sulfonamides is 1. The van der Waals surface area contributed by atoms with Gasteiger partial charge in [-0.3, -0.25) is 19.8 Å². The maximum atomic E-state index is 14.0. The zero-order valence-corrected chi connectivity index (χ0v) is 28.5. The molecule has 2 aromatic rings. The second-order valence-corrected chi connectivity index (χ2v) is 14.1. The van der Waals surface area contributed by atoms with Crippen molar-refractivity contribution < 1.29 is 22.8 Å². The molecule has 0 fully saturated rings. The smallest absolute Gasteiger partial charge is 0.266 e. The van der Waals surface area contributed by atoms with Crippen molar-refractivity contribution in [2.24, 2.45) is 11.7 Å². The number of nitrogens with two attached hydrogens (primary N) is 1. The van der Waals surface area contributed by atoms with Crippen molar-refractivity contribution in [1.29, 1.82) is 5.41 Å². The molecule has 13 heteroatoms. The first-order valence-corrected chi connectivity index (χ1v) is 17.2. The number of hydrogen-bond donors (Lipinski definition) is 5. The van der Waals surface area contributed by atoms with Gasteiger partial charge in [-0.05, 0) is 82.2 Å². The van der Waals surface area contributed by atoms with Crippen LogP contribution in [0.1, 0.15) is 69.2 Å². The largest absolute Gasteiger partial charge is 0.369 e. The van der Waals surface area contributed by atoms with Crippen LogP contribution in [-0.2, 0) is 30.8 Å². The molecule has 252 valence electrons. The summed E-state index contributed by atoms with van der Waals surface area (Å²) in [6.07, 6.45) is 2.77. The molecular weight excluding hydrogens is 606 g/mol. The predicted molar refractivity (Wildman–Crippen MR) is 178 cm³/mol. The maximum absolute atomic E-state index is 14.0. The molecule has 6 N–H and O–H groups in total. The lowest BCUT2D eigenvalue weighted by Gasteiger charge is -2.35. The van der Waals surface area contributed by atoms with Gasteiger partial charge < -0.3 is 26.6 Å². The van der Waals surface area contributed by atoms with E-state index in [0.717, 1.165) is 34.7 Å². The molecule has 0 radical (unpaired) electrons. The summed E-state index contributed by atoms with van der Waals surface area (Å²) < 4.78 is 27.6. The molecule has 0 saturated carbocycles. The minimum atomic E-state index is -4.13. The van der Waals surface area contributed by atoms with E-state index in [1.807, 2.05) is 45.0 Å². The highest BCUT2D eigenvalue weighted by atomic mass is 32.2. The van der Waals surface area contributed by atoms with E-state index in [1.54, 1.807) is 26.1 Å². The van der Waals surface area contributed by atoms with Gasteiger partial charge in [0, 0.05) is 13.6 Å².